The van der Waals surface area contributed by atoms with Crippen molar-refractivity contribution in [2.24, 2.45) is 5.92 Å². The van der Waals surface area contributed by atoms with Gasteiger partial charge in [-0.2, -0.15) is 0 Å². The molecule has 5 nitrogen and oxygen atoms in total. The monoisotopic (exact) mass is 430 g/mol. The highest BCUT2D eigenvalue weighted by atomic mass is 32.2. The van der Waals surface area contributed by atoms with Gasteiger partial charge in [0, 0.05) is 5.92 Å². The summed E-state index contributed by atoms with van der Waals surface area (Å²) in [7, 11) is -3.60. The molecule has 6 heteroatoms. The Bertz CT molecular complexity index is 911. The first-order valence-corrected chi connectivity index (χ1v) is 11.9. The zero-order valence-corrected chi connectivity index (χ0v) is 18.4. The number of hydrogen-bond donors (Lipinski definition) is 0. The van der Waals surface area contributed by atoms with Crippen LogP contribution in [-0.4, -0.2) is 38.4 Å². The van der Waals surface area contributed by atoms with Crippen molar-refractivity contribution in [3.8, 4) is 0 Å². The van der Waals surface area contributed by atoms with Crippen LogP contribution in [0.25, 0.3) is 0 Å². The Morgan fingerprint density at radius 3 is 1.97 bits per heavy atom. The number of hydrogen-bond acceptors (Lipinski definition) is 5. The lowest BCUT2D eigenvalue weighted by Gasteiger charge is -2.41. The van der Waals surface area contributed by atoms with Gasteiger partial charge in [-0.05, 0) is 18.1 Å². The summed E-state index contributed by atoms with van der Waals surface area (Å²) in [4.78, 5) is 0. The maximum absolute atomic E-state index is 13.0. The molecule has 30 heavy (non-hydrogen) atoms. The van der Waals surface area contributed by atoms with E-state index in [2.05, 4.69) is 6.58 Å². The molecule has 0 N–H and O–H groups in total. The fraction of sp³-hybridized carbons (Fsp3) is 0.417. The fourth-order valence-electron chi connectivity index (χ4n) is 3.61. The van der Waals surface area contributed by atoms with Gasteiger partial charge in [-0.1, -0.05) is 79.7 Å². The van der Waals surface area contributed by atoms with E-state index >= 15 is 0 Å². The van der Waals surface area contributed by atoms with Crippen LogP contribution in [0.1, 0.15) is 25.0 Å². The average Bonchev–Trinajstić information content (AvgIpc) is 2.72. The van der Waals surface area contributed by atoms with Crippen LogP contribution in [0.2, 0.25) is 0 Å². The van der Waals surface area contributed by atoms with Crippen molar-refractivity contribution in [1.82, 2.24) is 0 Å². The lowest BCUT2D eigenvalue weighted by molar-refractivity contribution is -0.183. The van der Waals surface area contributed by atoms with Crippen LogP contribution in [0.5, 0.6) is 0 Å². The van der Waals surface area contributed by atoms with E-state index in [1.807, 2.05) is 67.6 Å². The third-order valence-electron chi connectivity index (χ3n) is 5.05. The molecule has 0 bridgehead atoms. The van der Waals surface area contributed by atoms with Gasteiger partial charge in [0.1, 0.15) is 6.10 Å². The molecule has 1 aliphatic heterocycles. The first-order chi connectivity index (χ1) is 14.4. The predicted molar refractivity (Wildman–Crippen MR) is 118 cm³/mol. The molecule has 1 heterocycles. The highest BCUT2D eigenvalue weighted by molar-refractivity contribution is 7.92. The largest absolute Gasteiger partial charge is 0.370 e. The van der Waals surface area contributed by atoms with Crippen molar-refractivity contribution in [3.63, 3.8) is 0 Å². The molecule has 2 aromatic carbocycles. The van der Waals surface area contributed by atoms with Crippen LogP contribution in [0.15, 0.2) is 72.8 Å². The van der Waals surface area contributed by atoms with Gasteiger partial charge in [0.25, 0.3) is 0 Å². The van der Waals surface area contributed by atoms with Crippen molar-refractivity contribution in [2.45, 2.75) is 44.7 Å². The molecular formula is C24H30O5S. The lowest BCUT2D eigenvalue weighted by atomic mass is 9.97. The topological polar surface area (TPSA) is 61.8 Å². The van der Waals surface area contributed by atoms with Gasteiger partial charge in [-0.15, -0.1) is 0 Å². The summed E-state index contributed by atoms with van der Waals surface area (Å²) >= 11 is 0. The van der Waals surface area contributed by atoms with Crippen LogP contribution in [-0.2, 0) is 37.3 Å². The zero-order valence-electron chi connectivity index (χ0n) is 17.6. The molecule has 0 aliphatic carbocycles. The molecule has 0 spiro atoms. The van der Waals surface area contributed by atoms with E-state index in [0.29, 0.717) is 18.8 Å². The Balaban J connectivity index is 1.82. The minimum absolute atomic E-state index is 0.00855. The van der Waals surface area contributed by atoms with E-state index in [-0.39, 0.29) is 18.3 Å². The van der Waals surface area contributed by atoms with Crippen molar-refractivity contribution >= 4 is 9.84 Å². The number of benzene rings is 2. The molecule has 0 radical (unpaired) electrons. The third kappa shape index (κ3) is 6.01. The summed E-state index contributed by atoms with van der Waals surface area (Å²) < 4.78 is 44.2. The molecule has 0 saturated carbocycles. The highest BCUT2D eigenvalue weighted by Gasteiger charge is 2.46. The van der Waals surface area contributed by atoms with Gasteiger partial charge in [0.15, 0.2) is 15.3 Å². The summed E-state index contributed by atoms with van der Waals surface area (Å²) in [6.07, 6.45) is -1.14. The Morgan fingerprint density at radius 1 is 0.967 bits per heavy atom. The van der Waals surface area contributed by atoms with Crippen LogP contribution in [0.4, 0.5) is 0 Å². The van der Waals surface area contributed by atoms with Crippen LogP contribution >= 0.6 is 0 Å². The Morgan fingerprint density at radius 2 is 1.47 bits per heavy atom. The number of ether oxygens (including phenoxy) is 3. The first kappa shape index (κ1) is 22.7. The molecular weight excluding hydrogens is 400 g/mol. The minimum atomic E-state index is -3.60. The Hall–Kier alpha value is -1.99. The lowest BCUT2D eigenvalue weighted by Crippen LogP contribution is -2.55. The zero-order chi connectivity index (χ0) is 21.6. The quantitative estimate of drug-likeness (QED) is 0.560. The summed E-state index contributed by atoms with van der Waals surface area (Å²) in [6, 6.07) is 19.5. The molecule has 1 fully saturated rings. The summed E-state index contributed by atoms with van der Waals surface area (Å²) in [5, 5.41) is 0. The standard InChI is InChI=1S/C24H30O5S/c1-18(2)17-30(25,26)24-23(28-16-21-12-8-5-9-13-21)22(19(3)14-29-24)27-15-20-10-6-4-7-11-20/h4-13,19,22-24H,1,14-17H2,2-3H3/t19-,22+,23-,24?/m1/s1. The molecule has 4 atom stereocenters. The van der Waals surface area contributed by atoms with E-state index in [1.165, 1.54) is 0 Å². The molecule has 3 rings (SSSR count). The van der Waals surface area contributed by atoms with Crippen molar-refractivity contribution in [2.75, 3.05) is 12.4 Å². The summed E-state index contributed by atoms with van der Waals surface area (Å²) in [5.41, 5.74) is 1.48. The molecule has 1 aliphatic rings. The van der Waals surface area contributed by atoms with E-state index in [0.717, 1.165) is 11.1 Å². The van der Waals surface area contributed by atoms with Crippen LogP contribution in [0.3, 0.4) is 0 Å². The maximum atomic E-state index is 13.0. The second kappa shape index (κ2) is 10.4. The van der Waals surface area contributed by atoms with Crippen LogP contribution < -0.4 is 0 Å². The average molecular weight is 431 g/mol. The second-order valence-electron chi connectivity index (χ2n) is 7.97. The number of rotatable bonds is 9. The summed E-state index contributed by atoms with van der Waals surface area (Å²) in [5.74, 6) is -0.145. The van der Waals surface area contributed by atoms with Gasteiger partial charge in [-0.3, -0.25) is 0 Å². The molecule has 1 unspecified atom stereocenters. The Kier molecular flexibility index (Phi) is 7.83. The Labute approximate surface area is 179 Å². The molecule has 1 saturated heterocycles. The van der Waals surface area contributed by atoms with Crippen LogP contribution in [0, 0.1) is 5.92 Å². The normalized spacial score (nSPS) is 24.5. The number of sulfone groups is 1. The minimum Gasteiger partial charge on any atom is -0.370 e. The molecule has 0 amide bonds. The highest BCUT2D eigenvalue weighted by Crippen LogP contribution is 2.30. The van der Waals surface area contributed by atoms with Crippen molar-refractivity contribution in [3.05, 3.63) is 83.9 Å². The SMILES string of the molecule is C=C(C)CS(=O)(=O)C1OC[C@@H](C)[C@H](OCc2ccccc2)[C@H]1OCc1ccccc1. The smallest absolute Gasteiger partial charge is 0.187 e. The molecule has 2 aromatic rings. The first-order valence-electron chi connectivity index (χ1n) is 10.2. The summed E-state index contributed by atoms with van der Waals surface area (Å²) in [6.45, 7) is 8.42. The fourth-order valence-corrected chi connectivity index (χ4v) is 5.39. The van der Waals surface area contributed by atoms with Gasteiger partial charge in [-0.25, -0.2) is 8.42 Å². The van der Waals surface area contributed by atoms with E-state index < -0.39 is 27.5 Å². The molecule has 162 valence electrons. The van der Waals surface area contributed by atoms with Gasteiger partial charge < -0.3 is 14.2 Å². The predicted octanol–water partition coefficient (Wildman–Crippen LogP) is 4.14. The maximum Gasteiger partial charge on any atom is 0.187 e. The van der Waals surface area contributed by atoms with Gasteiger partial charge >= 0.3 is 0 Å². The van der Waals surface area contributed by atoms with E-state index in [1.54, 1.807) is 6.92 Å². The molecule has 0 aromatic heterocycles. The van der Waals surface area contributed by atoms with Gasteiger partial charge in [0.05, 0.1) is 31.7 Å². The van der Waals surface area contributed by atoms with E-state index in [9.17, 15) is 8.42 Å². The third-order valence-corrected chi connectivity index (χ3v) is 7.06. The van der Waals surface area contributed by atoms with Crippen molar-refractivity contribution < 1.29 is 22.6 Å². The van der Waals surface area contributed by atoms with Gasteiger partial charge in [0.2, 0.25) is 0 Å². The van der Waals surface area contributed by atoms with Crippen molar-refractivity contribution in [1.29, 1.82) is 0 Å². The second-order valence-corrected chi connectivity index (χ2v) is 10.0. The van der Waals surface area contributed by atoms with E-state index in [4.69, 9.17) is 14.2 Å².